The van der Waals surface area contributed by atoms with Crippen molar-refractivity contribution in [3.63, 3.8) is 0 Å². The monoisotopic (exact) mass is 268 g/mol. The van der Waals surface area contributed by atoms with Gasteiger partial charge in [0.15, 0.2) is 0 Å². The van der Waals surface area contributed by atoms with E-state index in [2.05, 4.69) is 13.0 Å². The summed E-state index contributed by atoms with van der Waals surface area (Å²) in [5, 5.41) is 0.832. The summed E-state index contributed by atoms with van der Waals surface area (Å²) < 4.78 is 4.89. The van der Waals surface area contributed by atoms with Gasteiger partial charge in [-0.15, -0.1) is 0 Å². The fourth-order valence-corrected chi connectivity index (χ4v) is 2.11. The Hall–Kier alpha value is -1.02. The third-order valence-electron chi connectivity index (χ3n) is 3.01. The van der Waals surface area contributed by atoms with Gasteiger partial charge in [0, 0.05) is 11.4 Å². The summed E-state index contributed by atoms with van der Waals surface area (Å²) in [7, 11) is 0. The third-order valence-corrected chi connectivity index (χ3v) is 3.42. The highest BCUT2D eigenvalue weighted by Crippen LogP contribution is 2.20. The van der Waals surface area contributed by atoms with E-state index in [1.54, 1.807) is 0 Å². The Morgan fingerprint density at radius 2 is 2.06 bits per heavy atom. The first-order valence-corrected chi connectivity index (χ1v) is 6.92. The summed E-state index contributed by atoms with van der Waals surface area (Å²) in [6.07, 6.45) is 4.58. The van der Waals surface area contributed by atoms with Crippen LogP contribution in [0.3, 0.4) is 0 Å². The van der Waals surface area contributed by atoms with Crippen LogP contribution in [0.1, 0.15) is 43.7 Å². The van der Waals surface area contributed by atoms with Gasteiger partial charge in [-0.05, 0) is 50.3 Å². The minimum absolute atomic E-state index is 0.0866. The number of benzene rings is 1. The second kappa shape index (κ2) is 8.15. The Balaban J connectivity index is 2.22. The Bertz CT molecular complexity index is 388. The first-order valence-electron chi connectivity index (χ1n) is 6.54. The maximum absolute atomic E-state index is 11.1. The number of ether oxygens (including phenoxy) is 1. The molecule has 0 spiro atoms. The molecule has 18 heavy (non-hydrogen) atoms. The van der Waals surface area contributed by atoms with Gasteiger partial charge in [-0.25, -0.2) is 0 Å². The van der Waals surface area contributed by atoms with Crippen LogP contribution in [0, 0.1) is 6.92 Å². The van der Waals surface area contributed by atoms with Crippen molar-refractivity contribution in [2.75, 3.05) is 6.61 Å². The van der Waals surface area contributed by atoms with Crippen LogP contribution in [0.5, 0.6) is 0 Å². The van der Waals surface area contributed by atoms with Crippen molar-refractivity contribution in [1.82, 2.24) is 0 Å². The molecular weight excluding hydrogens is 248 g/mol. The van der Waals surface area contributed by atoms with Crippen molar-refractivity contribution in [2.24, 2.45) is 0 Å². The Morgan fingerprint density at radius 3 is 2.78 bits per heavy atom. The van der Waals surface area contributed by atoms with Crippen LogP contribution in [0.15, 0.2) is 18.2 Å². The zero-order valence-corrected chi connectivity index (χ0v) is 11.9. The molecule has 0 saturated carbocycles. The van der Waals surface area contributed by atoms with Crippen molar-refractivity contribution in [3.05, 3.63) is 34.3 Å². The van der Waals surface area contributed by atoms with E-state index in [1.165, 1.54) is 11.1 Å². The molecule has 0 atom stereocenters. The SMILES string of the molecule is CCOC(=O)CCCCCc1cccc(Cl)c1C. The number of halogens is 1. The predicted molar refractivity (Wildman–Crippen MR) is 75.0 cm³/mol. The summed E-state index contributed by atoms with van der Waals surface area (Å²) in [6.45, 7) is 4.36. The number of rotatable bonds is 7. The first-order chi connectivity index (χ1) is 8.65. The van der Waals surface area contributed by atoms with Gasteiger partial charge < -0.3 is 4.74 Å². The largest absolute Gasteiger partial charge is 0.466 e. The second-order valence-corrected chi connectivity index (χ2v) is 4.80. The molecule has 0 aliphatic carbocycles. The molecule has 1 rings (SSSR count). The summed E-state index contributed by atoms with van der Waals surface area (Å²) >= 11 is 6.07. The second-order valence-electron chi connectivity index (χ2n) is 4.39. The highest BCUT2D eigenvalue weighted by atomic mass is 35.5. The smallest absolute Gasteiger partial charge is 0.305 e. The number of unbranched alkanes of at least 4 members (excludes halogenated alkanes) is 2. The summed E-state index contributed by atoms with van der Waals surface area (Å²) in [6, 6.07) is 6.02. The summed E-state index contributed by atoms with van der Waals surface area (Å²) in [5.74, 6) is -0.0866. The van der Waals surface area contributed by atoms with Crippen molar-refractivity contribution in [3.8, 4) is 0 Å². The van der Waals surface area contributed by atoms with Crippen molar-refractivity contribution in [1.29, 1.82) is 0 Å². The van der Waals surface area contributed by atoms with Crippen molar-refractivity contribution in [2.45, 2.75) is 46.0 Å². The van der Waals surface area contributed by atoms with E-state index in [0.29, 0.717) is 13.0 Å². The van der Waals surface area contributed by atoms with E-state index in [4.69, 9.17) is 16.3 Å². The highest BCUT2D eigenvalue weighted by molar-refractivity contribution is 6.31. The molecule has 0 aliphatic heterocycles. The van der Waals surface area contributed by atoms with Crippen LogP contribution in [-0.4, -0.2) is 12.6 Å². The van der Waals surface area contributed by atoms with Crippen molar-refractivity contribution >= 4 is 17.6 Å². The number of hydrogen-bond acceptors (Lipinski definition) is 2. The van der Waals surface area contributed by atoms with Gasteiger partial charge in [0.25, 0.3) is 0 Å². The number of carbonyl (C=O) groups is 1. The van der Waals surface area contributed by atoms with E-state index in [9.17, 15) is 4.79 Å². The van der Waals surface area contributed by atoms with Gasteiger partial charge >= 0.3 is 5.97 Å². The lowest BCUT2D eigenvalue weighted by molar-refractivity contribution is -0.143. The normalized spacial score (nSPS) is 10.4. The molecule has 2 nitrogen and oxygen atoms in total. The van der Waals surface area contributed by atoms with E-state index in [1.807, 2.05) is 19.1 Å². The third kappa shape index (κ3) is 5.09. The van der Waals surface area contributed by atoms with Crippen LogP contribution in [0.25, 0.3) is 0 Å². The van der Waals surface area contributed by atoms with Gasteiger partial charge in [-0.2, -0.15) is 0 Å². The molecule has 100 valence electrons. The molecular formula is C15H21ClO2. The average Bonchev–Trinajstić information content (AvgIpc) is 2.34. The minimum atomic E-state index is -0.0866. The fourth-order valence-electron chi connectivity index (χ4n) is 1.92. The molecule has 0 radical (unpaired) electrons. The molecule has 1 aromatic rings. The molecule has 0 aromatic heterocycles. The Labute approximate surface area is 114 Å². The lowest BCUT2D eigenvalue weighted by Gasteiger charge is -2.07. The number of aryl methyl sites for hydroxylation is 1. The molecule has 0 bridgehead atoms. The molecule has 0 aliphatic rings. The topological polar surface area (TPSA) is 26.3 Å². The zero-order chi connectivity index (χ0) is 13.4. The predicted octanol–water partition coefficient (Wildman–Crippen LogP) is 4.31. The maximum atomic E-state index is 11.1. The molecule has 0 amide bonds. The average molecular weight is 269 g/mol. The van der Waals surface area contributed by atoms with Gasteiger partial charge in [0.1, 0.15) is 0 Å². The summed E-state index contributed by atoms with van der Waals surface area (Å²) in [4.78, 5) is 11.1. The molecule has 0 saturated heterocycles. The highest BCUT2D eigenvalue weighted by Gasteiger charge is 2.03. The zero-order valence-electron chi connectivity index (χ0n) is 11.2. The van der Waals surface area contributed by atoms with Gasteiger partial charge in [0.05, 0.1) is 6.61 Å². The maximum Gasteiger partial charge on any atom is 0.305 e. The lowest BCUT2D eigenvalue weighted by Crippen LogP contribution is -2.03. The van der Waals surface area contributed by atoms with Crippen LogP contribution < -0.4 is 0 Å². The van der Waals surface area contributed by atoms with Crippen LogP contribution >= 0.6 is 11.6 Å². The molecule has 0 fully saturated rings. The van der Waals surface area contributed by atoms with Gasteiger partial charge in [0.2, 0.25) is 0 Å². The molecule has 0 unspecified atom stereocenters. The van der Waals surface area contributed by atoms with Crippen LogP contribution in [-0.2, 0) is 16.0 Å². The molecule has 0 heterocycles. The number of carbonyl (C=O) groups excluding carboxylic acids is 1. The molecule has 1 aromatic carbocycles. The first kappa shape index (κ1) is 15.0. The molecule has 3 heteroatoms. The van der Waals surface area contributed by atoms with Gasteiger partial charge in [-0.1, -0.05) is 30.2 Å². The van der Waals surface area contributed by atoms with E-state index < -0.39 is 0 Å². The standard InChI is InChI=1S/C15H21ClO2/c1-3-18-15(17)11-6-4-5-8-13-9-7-10-14(16)12(13)2/h7,9-10H,3-6,8,11H2,1-2H3. The minimum Gasteiger partial charge on any atom is -0.466 e. The van der Waals surface area contributed by atoms with Crippen molar-refractivity contribution < 1.29 is 9.53 Å². The van der Waals surface area contributed by atoms with E-state index >= 15 is 0 Å². The lowest BCUT2D eigenvalue weighted by atomic mass is 10.0. The summed E-state index contributed by atoms with van der Waals surface area (Å²) in [5.41, 5.74) is 2.48. The number of esters is 1. The molecule has 0 N–H and O–H groups in total. The Kier molecular flexibility index (Phi) is 6.81. The van der Waals surface area contributed by atoms with E-state index in [-0.39, 0.29) is 5.97 Å². The Morgan fingerprint density at radius 1 is 1.28 bits per heavy atom. The quantitative estimate of drug-likeness (QED) is 0.544. The number of hydrogen-bond donors (Lipinski definition) is 0. The van der Waals surface area contributed by atoms with E-state index in [0.717, 1.165) is 30.7 Å². The van der Waals surface area contributed by atoms with Crippen LogP contribution in [0.2, 0.25) is 5.02 Å². The van der Waals surface area contributed by atoms with Crippen LogP contribution in [0.4, 0.5) is 0 Å². The fraction of sp³-hybridized carbons (Fsp3) is 0.533. The van der Waals surface area contributed by atoms with Gasteiger partial charge in [-0.3, -0.25) is 4.79 Å².